The Labute approximate surface area is 69.4 Å². The lowest BCUT2D eigenvalue weighted by molar-refractivity contribution is 0.0721. The van der Waals surface area contributed by atoms with Crippen molar-refractivity contribution in [2.24, 2.45) is 0 Å². The molecule has 0 rings (SSSR count). The first-order valence-electron chi connectivity index (χ1n) is 3.97. The normalized spacial score (nSPS) is 13.3. The van der Waals surface area contributed by atoms with Gasteiger partial charge < -0.3 is 5.11 Å². The van der Waals surface area contributed by atoms with Gasteiger partial charge in [0, 0.05) is 0 Å². The Balaban J connectivity index is 3.65. The van der Waals surface area contributed by atoms with Crippen molar-refractivity contribution in [1.82, 2.24) is 0 Å². The molecule has 0 heterocycles. The second kappa shape index (κ2) is 4.35. The lowest BCUT2D eigenvalue weighted by Gasteiger charge is -2.14. The average Bonchev–Trinajstić information content (AvgIpc) is 1.85. The zero-order valence-electron chi connectivity index (χ0n) is 7.72. The van der Waals surface area contributed by atoms with Crippen molar-refractivity contribution in [1.29, 1.82) is 0 Å². The van der Waals surface area contributed by atoms with Gasteiger partial charge in [0.15, 0.2) is 0 Å². The van der Waals surface area contributed by atoms with E-state index in [0.717, 1.165) is 12.8 Å². The molecule has 0 amide bonds. The summed E-state index contributed by atoms with van der Waals surface area (Å²) in [7, 11) is 0. The maximum atomic E-state index is 9.35. The highest BCUT2D eigenvalue weighted by molar-refractivity contribution is 5.12. The molecular formula is C10H18O. The van der Waals surface area contributed by atoms with Gasteiger partial charge in [0.1, 0.15) is 0 Å². The Morgan fingerprint density at radius 1 is 1.55 bits per heavy atom. The lowest BCUT2D eigenvalue weighted by Crippen LogP contribution is -2.17. The summed E-state index contributed by atoms with van der Waals surface area (Å²) in [5.74, 6) is 0. The van der Waals surface area contributed by atoms with E-state index in [4.69, 9.17) is 0 Å². The van der Waals surface area contributed by atoms with Crippen LogP contribution in [0, 0.1) is 0 Å². The molecule has 0 aromatic heterocycles. The van der Waals surface area contributed by atoms with Gasteiger partial charge in [-0.2, -0.15) is 0 Å². The molecule has 0 aliphatic carbocycles. The molecule has 0 spiro atoms. The van der Waals surface area contributed by atoms with Crippen LogP contribution in [0.5, 0.6) is 0 Å². The summed E-state index contributed by atoms with van der Waals surface area (Å²) in [6.07, 6.45) is 5.63. The summed E-state index contributed by atoms with van der Waals surface area (Å²) in [6.45, 7) is 9.30. The van der Waals surface area contributed by atoms with Crippen molar-refractivity contribution in [2.75, 3.05) is 0 Å². The van der Waals surface area contributed by atoms with Crippen molar-refractivity contribution in [3.05, 3.63) is 24.3 Å². The first-order chi connectivity index (χ1) is 4.95. The zero-order chi connectivity index (χ0) is 8.91. The molecule has 0 atom stereocenters. The van der Waals surface area contributed by atoms with Crippen LogP contribution < -0.4 is 0 Å². The van der Waals surface area contributed by atoms with Crippen molar-refractivity contribution in [3.63, 3.8) is 0 Å². The number of rotatable bonds is 4. The standard InChI is InChI=1S/C10H18O/c1-5-9(2)7-6-8-10(3,4)11/h5,7,11H,1,6,8H2,2-4H3/b9-7-. The maximum Gasteiger partial charge on any atom is 0.0594 e. The Hall–Kier alpha value is -0.560. The van der Waals surface area contributed by atoms with Crippen LogP contribution in [0.25, 0.3) is 0 Å². The molecule has 0 unspecified atom stereocenters. The van der Waals surface area contributed by atoms with E-state index in [-0.39, 0.29) is 0 Å². The predicted octanol–water partition coefficient (Wildman–Crippen LogP) is 2.67. The molecule has 0 radical (unpaired) electrons. The first kappa shape index (κ1) is 10.4. The van der Waals surface area contributed by atoms with E-state index in [1.807, 2.05) is 26.8 Å². The third kappa shape index (κ3) is 7.34. The second-order valence-electron chi connectivity index (χ2n) is 3.50. The molecule has 0 saturated heterocycles. The van der Waals surface area contributed by atoms with Crippen LogP contribution in [-0.4, -0.2) is 10.7 Å². The summed E-state index contributed by atoms with van der Waals surface area (Å²) in [4.78, 5) is 0. The second-order valence-corrected chi connectivity index (χ2v) is 3.50. The molecule has 1 nitrogen and oxygen atoms in total. The minimum Gasteiger partial charge on any atom is -0.390 e. The molecule has 0 aromatic carbocycles. The van der Waals surface area contributed by atoms with E-state index in [2.05, 4.69) is 12.7 Å². The van der Waals surface area contributed by atoms with Crippen LogP contribution in [-0.2, 0) is 0 Å². The SMILES string of the molecule is C=C/C(C)=C\CCC(C)(C)O. The average molecular weight is 154 g/mol. The highest BCUT2D eigenvalue weighted by Crippen LogP contribution is 2.11. The van der Waals surface area contributed by atoms with Crippen LogP contribution in [0.1, 0.15) is 33.6 Å². The fraction of sp³-hybridized carbons (Fsp3) is 0.600. The third-order valence-electron chi connectivity index (χ3n) is 1.54. The molecule has 0 bridgehead atoms. The van der Waals surface area contributed by atoms with Gasteiger partial charge in [-0.3, -0.25) is 0 Å². The minimum atomic E-state index is -0.544. The molecule has 0 saturated carbocycles. The van der Waals surface area contributed by atoms with Crippen LogP contribution in [0.4, 0.5) is 0 Å². The third-order valence-corrected chi connectivity index (χ3v) is 1.54. The fourth-order valence-corrected chi connectivity index (χ4v) is 0.736. The van der Waals surface area contributed by atoms with E-state index in [1.54, 1.807) is 0 Å². The molecule has 1 N–H and O–H groups in total. The molecule has 0 fully saturated rings. The maximum absolute atomic E-state index is 9.35. The van der Waals surface area contributed by atoms with Gasteiger partial charge >= 0.3 is 0 Å². The van der Waals surface area contributed by atoms with E-state index >= 15 is 0 Å². The predicted molar refractivity (Wildman–Crippen MR) is 49.5 cm³/mol. The van der Waals surface area contributed by atoms with E-state index in [9.17, 15) is 5.11 Å². The van der Waals surface area contributed by atoms with Gasteiger partial charge in [-0.05, 0) is 33.6 Å². The fourth-order valence-electron chi connectivity index (χ4n) is 0.736. The van der Waals surface area contributed by atoms with Gasteiger partial charge in [-0.1, -0.05) is 24.3 Å². The molecule has 0 aliphatic rings. The van der Waals surface area contributed by atoms with E-state index in [1.165, 1.54) is 5.57 Å². The molecule has 0 aliphatic heterocycles. The summed E-state index contributed by atoms with van der Waals surface area (Å²) in [6, 6.07) is 0. The quantitative estimate of drug-likeness (QED) is 0.617. The summed E-state index contributed by atoms with van der Waals surface area (Å²) >= 11 is 0. The Morgan fingerprint density at radius 3 is 2.45 bits per heavy atom. The minimum absolute atomic E-state index is 0.544. The highest BCUT2D eigenvalue weighted by Gasteiger charge is 2.09. The molecule has 1 heteroatoms. The van der Waals surface area contributed by atoms with Gasteiger partial charge in [0.25, 0.3) is 0 Å². The van der Waals surface area contributed by atoms with Crippen molar-refractivity contribution in [2.45, 2.75) is 39.2 Å². The van der Waals surface area contributed by atoms with Gasteiger partial charge in [-0.15, -0.1) is 0 Å². The Bertz CT molecular complexity index is 149. The smallest absolute Gasteiger partial charge is 0.0594 e. The van der Waals surface area contributed by atoms with Crippen molar-refractivity contribution >= 4 is 0 Å². The summed E-state index contributed by atoms with van der Waals surface area (Å²) in [5.41, 5.74) is 0.632. The topological polar surface area (TPSA) is 20.2 Å². The molecule has 64 valence electrons. The lowest BCUT2D eigenvalue weighted by atomic mass is 10.0. The van der Waals surface area contributed by atoms with Gasteiger partial charge in [-0.25, -0.2) is 0 Å². The molecule has 0 aromatic rings. The summed E-state index contributed by atoms with van der Waals surface area (Å²) in [5, 5.41) is 9.35. The van der Waals surface area contributed by atoms with E-state index in [0.29, 0.717) is 0 Å². The summed E-state index contributed by atoms with van der Waals surface area (Å²) < 4.78 is 0. The monoisotopic (exact) mass is 154 g/mol. The highest BCUT2D eigenvalue weighted by atomic mass is 16.3. The number of allylic oxidation sites excluding steroid dienone is 3. The van der Waals surface area contributed by atoms with E-state index < -0.39 is 5.60 Å². The molecule has 11 heavy (non-hydrogen) atoms. The first-order valence-corrected chi connectivity index (χ1v) is 3.97. The van der Waals surface area contributed by atoms with Crippen LogP contribution in [0.3, 0.4) is 0 Å². The number of hydrogen-bond acceptors (Lipinski definition) is 1. The Kier molecular flexibility index (Phi) is 4.12. The van der Waals surface area contributed by atoms with Crippen LogP contribution in [0.15, 0.2) is 24.3 Å². The largest absolute Gasteiger partial charge is 0.390 e. The van der Waals surface area contributed by atoms with Gasteiger partial charge in [0.05, 0.1) is 5.60 Å². The molecular weight excluding hydrogens is 136 g/mol. The van der Waals surface area contributed by atoms with Crippen molar-refractivity contribution < 1.29 is 5.11 Å². The van der Waals surface area contributed by atoms with Crippen molar-refractivity contribution in [3.8, 4) is 0 Å². The number of aliphatic hydroxyl groups is 1. The van der Waals surface area contributed by atoms with Crippen LogP contribution >= 0.6 is 0 Å². The van der Waals surface area contributed by atoms with Gasteiger partial charge in [0.2, 0.25) is 0 Å². The number of hydrogen-bond donors (Lipinski definition) is 1. The van der Waals surface area contributed by atoms with Crippen LogP contribution in [0.2, 0.25) is 0 Å². The Morgan fingerprint density at radius 2 is 2.09 bits per heavy atom. The zero-order valence-corrected chi connectivity index (χ0v) is 7.72.